The molecule has 0 radical (unpaired) electrons. The van der Waals surface area contributed by atoms with Crippen molar-refractivity contribution in [1.29, 1.82) is 0 Å². The third kappa shape index (κ3) is 5.29. The average molecular weight is 716 g/mol. The van der Waals surface area contributed by atoms with Gasteiger partial charge in [-0.1, -0.05) is 121 Å². The molecule has 4 aromatic heterocycles. The minimum absolute atomic E-state index is 0.696. The van der Waals surface area contributed by atoms with Crippen LogP contribution in [0.1, 0.15) is 0 Å². The van der Waals surface area contributed by atoms with Gasteiger partial charge in [0.1, 0.15) is 0 Å². The lowest BCUT2D eigenvalue weighted by Gasteiger charge is -2.12. The number of aromatic nitrogens is 5. The van der Waals surface area contributed by atoms with Crippen LogP contribution in [0.2, 0.25) is 0 Å². The molecule has 0 bridgehead atoms. The monoisotopic (exact) mass is 715 g/mol. The molecule has 0 saturated carbocycles. The fourth-order valence-corrected chi connectivity index (χ4v) is 8.17. The van der Waals surface area contributed by atoms with Crippen molar-refractivity contribution in [3.8, 4) is 56.4 Å². The first-order chi connectivity index (χ1) is 27.8. The minimum atomic E-state index is 0.696. The highest BCUT2D eigenvalue weighted by Crippen LogP contribution is 2.38. The van der Waals surface area contributed by atoms with Crippen LogP contribution in [-0.4, -0.2) is 24.1 Å². The van der Waals surface area contributed by atoms with Crippen molar-refractivity contribution in [2.45, 2.75) is 0 Å². The zero-order chi connectivity index (χ0) is 37.0. The second-order valence-corrected chi connectivity index (χ2v) is 14.1. The minimum Gasteiger partial charge on any atom is -0.309 e. The Hall–Kier alpha value is -7.63. The van der Waals surface area contributed by atoms with Gasteiger partial charge in [-0.3, -0.25) is 4.98 Å². The molecule has 0 aliphatic rings. The summed E-state index contributed by atoms with van der Waals surface area (Å²) in [7, 11) is 0. The largest absolute Gasteiger partial charge is 0.309 e. The van der Waals surface area contributed by atoms with Crippen LogP contribution in [0.3, 0.4) is 0 Å². The van der Waals surface area contributed by atoms with E-state index in [9.17, 15) is 0 Å². The van der Waals surface area contributed by atoms with Crippen molar-refractivity contribution in [3.05, 3.63) is 200 Å². The van der Waals surface area contributed by atoms with E-state index >= 15 is 0 Å². The molecule has 0 atom stereocenters. The number of rotatable bonds is 6. The van der Waals surface area contributed by atoms with E-state index in [4.69, 9.17) is 15.0 Å². The van der Waals surface area contributed by atoms with E-state index in [1.54, 1.807) is 0 Å². The molecule has 11 aromatic rings. The molecule has 0 aliphatic heterocycles. The average Bonchev–Trinajstić information content (AvgIpc) is 3.79. The van der Waals surface area contributed by atoms with Gasteiger partial charge in [-0.25, -0.2) is 9.97 Å². The molecule has 0 aliphatic carbocycles. The molecule has 0 unspecified atom stereocenters. The summed E-state index contributed by atoms with van der Waals surface area (Å²) in [4.78, 5) is 15.0. The van der Waals surface area contributed by atoms with Gasteiger partial charge >= 0.3 is 0 Å². The van der Waals surface area contributed by atoms with Gasteiger partial charge in [0.15, 0.2) is 5.82 Å². The first kappa shape index (κ1) is 31.9. The molecule has 0 amide bonds. The van der Waals surface area contributed by atoms with Crippen LogP contribution >= 0.6 is 0 Å². The van der Waals surface area contributed by atoms with E-state index in [1.807, 2.05) is 48.7 Å². The molecule has 5 nitrogen and oxygen atoms in total. The van der Waals surface area contributed by atoms with Crippen LogP contribution in [0, 0.1) is 0 Å². The zero-order valence-electron chi connectivity index (χ0n) is 30.3. The maximum Gasteiger partial charge on any atom is 0.160 e. The summed E-state index contributed by atoms with van der Waals surface area (Å²) in [5.74, 6) is 0.696. The fraction of sp³-hybridized carbons (Fsp3) is 0. The quantitative estimate of drug-likeness (QED) is 0.172. The number of hydrogen-bond donors (Lipinski definition) is 0. The van der Waals surface area contributed by atoms with Crippen LogP contribution in [-0.2, 0) is 0 Å². The zero-order valence-corrected chi connectivity index (χ0v) is 30.3. The van der Waals surface area contributed by atoms with E-state index in [0.29, 0.717) is 5.82 Å². The number of hydrogen-bond acceptors (Lipinski definition) is 3. The second kappa shape index (κ2) is 13.0. The van der Waals surface area contributed by atoms with Crippen molar-refractivity contribution in [2.75, 3.05) is 0 Å². The van der Waals surface area contributed by atoms with Crippen molar-refractivity contribution in [2.24, 2.45) is 0 Å². The van der Waals surface area contributed by atoms with Crippen LogP contribution in [0.5, 0.6) is 0 Å². The number of nitrogens with zero attached hydrogens (tertiary/aromatic N) is 5. The molecule has 7 aromatic carbocycles. The highest BCUT2D eigenvalue weighted by Gasteiger charge is 2.18. The van der Waals surface area contributed by atoms with Gasteiger partial charge in [-0.15, -0.1) is 0 Å². The van der Waals surface area contributed by atoms with Crippen molar-refractivity contribution in [3.63, 3.8) is 0 Å². The molecule has 56 heavy (non-hydrogen) atoms. The molecule has 0 N–H and O–H groups in total. The Morgan fingerprint density at radius 3 is 1.75 bits per heavy atom. The van der Waals surface area contributed by atoms with Crippen LogP contribution in [0.25, 0.3) is 100 Å². The van der Waals surface area contributed by atoms with Gasteiger partial charge in [-0.2, -0.15) is 0 Å². The summed E-state index contributed by atoms with van der Waals surface area (Å²) in [5.41, 5.74) is 14.8. The lowest BCUT2D eigenvalue weighted by molar-refractivity contribution is 1.16. The van der Waals surface area contributed by atoms with Crippen LogP contribution < -0.4 is 0 Å². The van der Waals surface area contributed by atoms with E-state index in [1.165, 1.54) is 21.8 Å². The topological polar surface area (TPSA) is 48.5 Å². The van der Waals surface area contributed by atoms with Crippen molar-refractivity contribution in [1.82, 2.24) is 24.1 Å². The highest BCUT2D eigenvalue weighted by atomic mass is 15.0. The number of fused-ring (bicyclic) bond motifs is 6. The van der Waals surface area contributed by atoms with E-state index in [2.05, 4.69) is 161 Å². The molecule has 11 rings (SSSR count). The summed E-state index contributed by atoms with van der Waals surface area (Å²) in [6, 6.07) is 68.3. The SMILES string of the molecule is c1ccc(-c2cc(-c3cccc(-n4c5cc(-c6ccc7c(c6)c6ccccc6n7-c6ccccc6)ccc5c5ncccc54)c3)nc(-c3ccccc3)n2)cc1. The van der Waals surface area contributed by atoms with Crippen LogP contribution in [0.4, 0.5) is 0 Å². The standard InChI is InChI=1S/C51H33N5/c1-4-14-34(15-5-1)44-33-45(54-51(53-44)35-16-6-2-7-17-35)38-18-12-21-40(30-38)56-48-24-13-29-52-50(48)42-27-25-37(32-49(42)56)36-26-28-47-43(31-36)41-22-10-11-23-46(41)55(47)39-19-8-3-9-20-39/h1-33H. The van der Waals surface area contributed by atoms with E-state index in [-0.39, 0.29) is 0 Å². The number of para-hydroxylation sites is 2. The van der Waals surface area contributed by atoms with Gasteiger partial charge in [0.25, 0.3) is 0 Å². The second-order valence-electron chi connectivity index (χ2n) is 14.1. The Kier molecular flexibility index (Phi) is 7.42. The molecule has 5 heteroatoms. The summed E-state index contributed by atoms with van der Waals surface area (Å²) < 4.78 is 4.69. The van der Waals surface area contributed by atoms with Crippen molar-refractivity contribution >= 4 is 43.7 Å². The Labute approximate surface area is 323 Å². The lowest BCUT2D eigenvalue weighted by atomic mass is 10.0. The first-order valence-electron chi connectivity index (χ1n) is 18.9. The number of pyridine rings is 1. The van der Waals surface area contributed by atoms with Gasteiger partial charge in [0.05, 0.1) is 39.0 Å². The fourth-order valence-electron chi connectivity index (χ4n) is 8.17. The summed E-state index contributed by atoms with van der Waals surface area (Å²) in [6.45, 7) is 0. The molecule has 0 fully saturated rings. The molecule has 4 heterocycles. The summed E-state index contributed by atoms with van der Waals surface area (Å²) in [5, 5.41) is 3.57. The smallest absolute Gasteiger partial charge is 0.160 e. The number of benzene rings is 7. The predicted molar refractivity (Wildman–Crippen MR) is 230 cm³/mol. The Balaban J connectivity index is 1.08. The Morgan fingerprint density at radius 2 is 0.929 bits per heavy atom. The van der Waals surface area contributed by atoms with Gasteiger partial charge in [0.2, 0.25) is 0 Å². The van der Waals surface area contributed by atoms with E-state index in [0.717, 1.165) is 72.5 Å². The van der Waals surface area contributed by atoms with Gasteiger partial charge in [0, 0.05) is 50.4 Å². The van der Waals surface area contributed by atoms with E-state index < -0.39 is 0 Å². The molecule has 0 saturated heterocycles. The van der Waals surface area contributed by atoms with Crippen LogP contribution in [0.15, 0.2) is 200 Å². The predicted octanol–water partition coefficient (Wildman–Crippen LogP) is 12.7. The maximum atomic E-state index is 5.13. The first-order valence-corrected chi connectivity index (χ1v) is 18.9. The van der Waals surface area contributed by atoms with Gasteiger partial charge in [-0.05, 0) is 83.9 Å². The normalized spacial score (nSPS) is 11.6. The summed E-state index contributed by atoms with van der Waals surface area (Å²) in [6.07, 6.45) is 1.88. The molecular weight excluding hydrogens is 683 g/mol. The third-order valence-electron chi connectivity index (χ3n) is 10.8. The maximum absolute atomic E-state index is 5.13. The third-order valence-corrected chi connectivity index (χ3v) is 10.8. The molecule has 262 valence electrons. The molecular formula is C51H33N5. The Bertz CT molecular complexity index is 3180. The molecule has 0 spiro atoms. The lowest BCUT2D eigenvalue weighted by Crippen LogP contribution is -1.98. The van der Waals surface area contributed by atoms with Gasteiger partial charge < -0.3 is 9.13 Å². The highest BCUT2D eigenvalue weighted by molar-refractivity contribution is 6.11. The summed E-state index contributed by atoms with van der Waals surface area (Å²) >= 11 is 0. The Morgan fingerprint density at radius 1 is 0.321 bits per heavy atom. The van der Waals surface area contributed by atoms with Crippen molar-refractivity contribution < 1.29 is 0 Å².